The van der Waals surface area contributed by atoms with Crippen molar-refractivity contribution in [3.05, 3.63) is 34.9 Å². The fourth-order valence-corrected chi connectivity index (χ4v) is 3.26. The molecule has 0 aliphatic heterocycles. The minimum Gasteiger partial charge on any atom is -0.393 e. The van der Waals surface area contributed by atoms with Crippen LogP contribution >= 0.6 is 0 Å². The zero-order valence-electron chi connectivity index (χ0n) is 9.58. The number of aliphatic hydroxyl groups is 1. The van der Waals surface area contributed by atoms with E-state index >= 15 is 0 Å². The molecule has 0 aromatic heterocycles. The summed E-state index contributed by atoms with van der Waals surface area (Å²) in [7, 11) is 0. The van der Waals surface area contributed by atoms with E-state index in [-0.39, 0.29) is 11.5 Å². The zero-order chi connectivity index (χ0) is 11.2. The first-order valence-corrected chi connectivity index (χ1v) is 6.24. The number of nitrogens with two attached hydrogens (primary N) is 1. The van der Waals surface area contributed by atoms with Crippen LogP contribution in [0.2, 0.25) is 0 Å². The normalized spacial score (nSPS) is 32.2. The Kier molecular flexibility index (Phi) is 2.30. The molecule has 1 aromatic carbocycles. The minimum atomic E-state index is -0.142. The van der Waals surface area contributed by atoms with Crippen molar-refractivity contribution in [2.45, 2.75) is 43.6 Å². The molecule has 1 fully saturated rings. The molecule has 2 aliphatic rings. The van der Waals surface area contributed by atoms with Crippen LogP contribution in [0.5, 0.6) is 0 Å². The topological polar surface area (TPSA) is 46.2 Å². The Morgan fingerprint density at radius 2 is 2.00 bits per heavy atom. The van der Waals surface area contributed by atoms with Crippen LogP contribution in [0.25, 0.3) is 0 Å². The van der Waals surface area contributed by atoms with Gasteiger partial charge in [0.25, 0.3) is 0 Å². The molecule has 0 unspecified atom stereocenters. The van der Waals surface area contributed by atoms with Gasteiger partial charge in [0.15, 0.2) is 0 Å². The molecule has 0 spiro atoms. The smallest absolute Gasteiger partial charge is 0.0558 e. The maximum Gasteiger partial charge on any atom is 0.0558 e. The molecule has 0 radical (unpaired) electrons. The van der Waals surface area contributed by atoms with Gasteiger partial charge >= 0.3 is 0 Å². The molecule has 3 N–H and O–H groups in total. The first-order chi connectivity index (χ1) is 7.73. The van der Waals surface area contributed by atoms with Crippen molar-refractivity contribution in [1.29, 1.82) is 0 Å². The van der Waals surface area contributed by atoms with Gasteiger partial charge in [0.1, 0.15) is 0 Å². The van der Waals surface area contributed by atoms with Crippen molar-refractivity contribution >= 4 is 0 Å². The quantitative estimate of drug-likeness (QED) is 0.789. The molecular formula is C14H19NO. The monoisotopic (exact) mass is 217 g/mol. The third kappa shape index (κ3) is 1.40. The SMILES string of the molecule is NCC1(c2ccc3c(c2)CCC3)CC(O)C1. The molecule has 0 amide bonds. The van der Waals surface area contributed by atoms with E-state index in [1.54, 1.807) is 0 Å². The lowest BCUT2D eigenvalue weighted by Crippen LogP contribution is -2.49. The summed E-state index contributed by atoms with van der Waals surface area (Å²) in [6.45, 7) is 0.656. The molecule has 1 aromatic rings. The summed E-state index contributed by atoms with van der Waals surface area (Å²) in [5.74, 6) is 0. The highest BCUT2D eigenvalue weighted by atomic mass is 16.3. The third-order valence-corrected chi connectivity index (χ3v) is 4.35. The Labute approximate surface area is 96.5 Å². The second kappa shape index (κ2) is 3.57. The fourth-order valence-electron chi connectivity index (χ4n) is 3.26. The lowest BCUT2D eigenvalue weighted by molar-refractivity contribution is 0.0221. The maximum atomic E-state index is 9.51. The Balaban J connectivity index is 1.94. The number of hydrogen-bond acceptors (Lipinski definition) is 2. The third-order valence-electron chi connectivity index (χ3n) is 4.35. The average molecular weight is 217 g/mol. The fraction of sp³-hybridized carbons (Fsp3) is 0.571. The largest absolute Gasteiger partial charge is 0.393 e. The van der Waals surface area contributed by atoms with Gasteiger partial charge in [0.05, 0.1) is 6.10 Å². The van der Waals surface area contributed by atoms with E-state index < -0.39 is 0 Å². The summed E-state index contributed by atoms with van der Waals surface area (Å²) in [6, 6.07) is 6.82. The molecule has 1 saturated carbocycles. The van der Waals surface area contributed by atoms with Gasteiger partial charge < -0.3 is 10.8 Å². The number of aliphatic hydroxyl groups excluding tert-OH is 1. The van der Waals surface area contributed by atoms with Gasteiger partial charge in [-0.1, -0.05) is 18.2 Å². The van der Waals surface area contributed by atoms with Gasteiger partial charge in [-0.15, -0.1) is 0 Å². The van der Waals surface area contributed by atoms with Crippen LogP contribution in [0, 0.1) is 0 Å². The summed E-state index contributed by atoms with van der Waals surface area (Å²) < 4.78 is 0. The van der Waals surface area contributed by atoms with Crippen LogP contribution in [-0.4, -0.2) is 17.8 Å². The van der Waals surface area contributed by atoms with Gasteiger partial charge in [-0.25, -0.2) is 0 Å². The Hall–Kier alpha value is -0.860. The first kappa shape index (κ1) is 10.3. The van der Waals surface area contributed by atoms with Crippen molar-refractivity contribution < 1.29 is 5.11 Å². The van der Waals surface area contributed by atoms with Crippen molar-refractivity contribution in [2.24, 2.45) is 5.73 Å². The van der Waals surface area contributed by atoms with E-state index in [4.69, 9.17) is 5.73 Å². The predicted molar refractivity (Wildman–Crippen MR) is 64.4 cm³/mol. The highest BCUT2D eigenvalue weighted by molar-refractivity contribution is 5.40. The second-order valence-electron chi connectivity index (χ2n) is 5.38. The number of rotatable bonds is 2. The van der Waals surface area contributed by atoms with Crippen LogP contribution < -0.4 is 5.73 Å². The van der Waals surface area contributed by atoms with E-state index in [0.29, 0.717) is 6.54 Å². The summed E-state index contributed by atoms with van der Waals surface area (Å²) >= 11 is 0. The van der Waals surface area contributed by atoms with Crippen LogP contribution in [0.1, 0.15) is 36.0 Å². The van der Waals surface area contributed by atoms with Crippen molar-refractivity contribution in [2.75, 3.05) is 6.54 Å². The molecule has 2 heteroatoms. The first-order valence-electron chi connectivity index (χ1n) is 6.24. The molecule has 0 saturated heterocycles. The van der Waals surface area contributed by atoms with E-state index in [9.17, 15) is 5.11 Å². The summed E-state index contributed by atoms with van der Waals surface area (Å²) in [5.41, 5.74) is 10.3. The van der Waals surface area contributed by atoms with Crippen molar-refractivity contribution in [3.8, 4) is 0 Å². The van der Waals surface area contributed by atoms with Crippen LogP contribution in [0.15, 0.2) is 18.2 Å². The molecule has 0 bridgehead atoms. The minimum absolute atomic E-state index is 0.0665. The summed E-state index contributed by atoms with van der Waals surface area (Å²) in [5, 5.41) is 9.51. The Bertz CT molecular complexity index is 407. The lowest BCUT2D eigenvalue weighted by atomic mass is 9.62. The van der Waals surface area contributed by atoms with E-state index in [0.717, 1.165) is 12.8 Å². The highest BCUT2D eigenvalue weighted by Gasteiger charge is 2.43. The molecule has 2 aliphatic carbocycles. The van der Waals surface area contributed by atoms with Crippen molar-refractivity contribution in [3.63, 3.8) is 0 Å². The van der Waals surface area contributed by atoms with E-state index in [1.165, 1.54) is 36.0 Å². The number of aryl methyl sites for hydroxylation is 2. The predicted octanol–water partition coefficient (Wildman–Crippen LogP) is 1.53. The molecule has 3 rings (SSSR count). The van der Waals surface area contributed by atoms with Crippen LogP contribution in [0.4, 0.5) is 0 Å². The highest BCUT2D eigenvalue weighted by Crippen LogP contribution is 2.44. The van der Waals surface area contributed by atoms with Crippen LogP contribution in [0.3, 0.4) is 0 Å². The summed E-state index contributed by atoms with van der Waals surface area (Å²) in [6.07, 6.45) is 5.26. The summed E-state index contributed by atoms with van der Waals surface area (Å²) in [4.78, 5) is 0. The van der Waals surface area contributed by atoms with Crippen LogP contribution in [-0.2, 0) is 18.3 Å². The van der Waals surface area contributed by atoms with Gasteiger partial charge in [-0.3, -0.25) is 0 Å². The van der Waals surface area contributed by atoms with Gasteiger partial charge in [-0.2, -0.15) is 0 Å². The zero-order valence-corrected chi connectivity index (χ0v) is 9.58. The standard InChI is InChI=1S/C14H19NO/c15-9-14(7-13(16)8-14)12-5-4-10-2-1-3-11(10)6-12/h4-6,13,16H,1-3,7-9,15H2. The molecular weight excluding hydrogens is 198 g/mol. The molecule has 2 nitrogen and oxygen atoms in total. The van der Waals surface area contributed by atoms with Gasteiger partial charge in [0, 0.05) is 12.0 Å². The average Bonchev–Trinajstić information content (AvgIpc) is 2.71. The van der Waals surface area contributed by atoms with E-state index in [1.807, 2.05) is 0 Å². The van der Waals surface area contributed by atoms with Crippen molar-refractivity contribution in [1.82, 2.24) is 0 Å². The maximum absolute atomic E-state index is 9.51. The lowest BCUT2D eigenvalue weighted by Gasteiger charge is -2.45. The number of fused-ring (bicyclic) bond motifs is 1. The van der Waals surface area contributed by atoms with Gasteiger partial charge in [0.2, 0.25) is 0 Å². The number of hydrogen-bond donors (Lipinski definition) is 2. The second-order valence-corrected chi connectivity index (χ2v) is 5.38. The Morgan fingerprint density at radius 3 is 2.69 bits per heavy atom. The number of benzene rings is 1. The van der Waals surface area contributed by atoms with Gasteiger partial charge in [-0.05, 0) is 48.8 Å². The molecule has 0 atom stereocenters. The molecule has 16 heavy (non-hydrogen) atoms. The molecule has 86 valence electrons. The Morgan fingerprint density at radius 1 is 1.25 bits per heavy atom. The van der Waals surface area contributed by atoms with E-state index in [2.05, 4.69) is 18.2 Å². The molecule has 0 heterocycles.